The van der Waals surface area contributed by atoms with Gasteiger partial charge in [-0.25, -0.2) is 4.98 Å². The van der Waals surface area contributed by atoms with Crippen molar-refractivity contribution < 1.29 is 27.1 Å². The highest BCUT2D eigenvalue weighted by atomic mass is 19.4. The minimum Gasteiger partial charge on any atom is -0.484 e. The number of fused-ring (bicyclic) bond motifs is 2. The van der Waals surface area contributed by atoms with Crippen molar-refractivity contribution in [2.24, 2.45) is 5.92 Å². The predicted molar refractivity (Wildman–Crippen MR) is 84.4 cm³/mol. The molecule has 2 atom stereocenters. The maximum absolute atomic E-state index is 12.7. The van der Waals surface area contributed by atoms with E-state index in [1.54, 1.807) is 0 Å². The lowest BCUT2D eigenvalue weighted by Crippen LogP contribution is -2.37. The lowest BCUT2D eigenvalue weighted by Gasteiger charge is -2.25. The molecule has 1 aliphatic carbocycles. The Morgan fingerprint density at radius 1 is 1.35 bits per heavy atom. The van der Waals surface area contributed by atoms with Crippen molar-refractivity contribution in [3.05, 3.63) is 47.7 Å². The molecular weight excluding hydrogens is 349 g/mol. The van der Waals surface area contributed by atoms with Gasteiger partial charge in [-0.15, -0.1) is 0 Å². The number of rotatable bonds is 4. The van der Waals surface area contributed by atoms with E-state index in [1.165, 1.54) is 24.8 Å². The number of likely N-dealkylation sites (tertiary alicyclic amines) is 1. The third-order valence-electron chi connectivity index (χ3n) is 4.96. The van der Waals surface area contributed by atoms with Crippen LogP contribution in [0.5, 0.6) is 5.75 Å². The lowest BCUT2D eigenvalue weighted by atomic mass is 10.1. The molecule has 2 heterocycles. The summed E-state index contributed by atoms with van der Waals surface area (Å²) < 4.78 is 48.7. The van der Waals surface area contributed by atoms with Crippen molar-refractivity contribution in [3.63, 3.8) is 0 Å². The van der Waals surface area contributed by atoms with Crippen LogP contribution in [0.4, 0.5) is 13.2 Å². The second-order valence-corrected chi connectivity index (χ2v) is 6.73. The average molecular weight is 366 g/mol. The van der Waals surface area contributed by atoms with Gasteiger partial charge in [-0.3, -0.25) is 4.79 Å². The van der Waals surface area contributed by atoms with E-state index in [9.17, 15) is 18.0 Å². The molecule has 5 nitrogen and oxygen atoms in total. The zero-order valence-electron chi connectivity index (χ0n) is 13.8. The van der Waals surface area contributed by atoms with Crippen LogP contribution >= 0.6 is 0 Å². The molecule has 2 bridgehead atoms. The molecule has 1 aromatic carbocycles. The average Bonchev–Trinajstić information content (AvgIpc) is 3.35. The van der Waals surface area contributed by atoms with E-state index in [-0.39, 0.29) is 35.9 Å². The first-order valence-electron chi connectivity index (χ1n) is 8.45. The van der Waals surface area contributed by atoms with Gasteiger partial charge < -0.3 is 14.1 Å². The van der Waals surface area contributed by atoms with E-state index < -0.39 is 11.7 Å². The summed E-state index contributed by atoms with van der Waals surface area (Å²) in [4.78, 5) is 18.5. The molecule has 1 aromatic heterocycles. The van der Waals surface area contributed by atoms with Crippen molar-refractivity contribution in [1.29, 1.82) is 0 Å². The van der Waals surface area contributed by atoms with Crippen molar-refractivity contribution in [3.8, 4) is 5.75 Å². The van der Waals surface area contributed by atoms with Crippen LogP contribution in [-0.2, 0) is 12.8 Å². The number of piperidine rings is 1. The number of halogens is 3. The van der Waals surface area contributed by atoms with Crippen LogP contribution in [0.15, 0.2) is 34.9 Å². The molecule has 2 fully saturated rings. The van der Waals surface area contributed by atoms with E-state index in [4.69, 9.17) is 9.15 Å². The Morgan fingerprint density at radius 3 is 2.88 bits per heavy atom. The summed E-state index contributed by atoms with van der Waals surface area (Å²) in [5.41, 5.74) is -0.581. The fraction of sp³-hybridized carbons (Fsp3) is 0.444. The number of carbonyl (C=O) groups is 1. The van der Waals surface area contributed by atoms with Crippen molar-refractivity contribution in [1.82, 2.24) is 9.88 Å². The normalized spacial score (nSPS) is 22.0. The molecule has 1 aliphatic heterocycles. The zero-order chi connectivity index (χ0) is 18.3. The van der Waals surface area contributed by atoms with Crippen molar-refractivity contribution in [2.45, 2.75) is 38.1 Å². The van der Waals surface area contributed by atoms with Crippen LogP contribution in [0.3, 0.4) is 0 Å². The van der Waals surface area contributed by atoms with Gasteiger partial charge in [-0.1, -0.05) is 6.07 Å². The molecule has 0 radical (unpaired) electrons. The SMILES string of the molecule is O=C(c1coc(COc2cccc(C(F)(F)F)c2)n1)N1C[C@H]2CC[C@H]1C2. The van der Waals surface area contributed by atoms with Crippen LogP contribution in [0, 0.1) is 5.92 Å². The fourth-order valence-corrected chi connectivity index (χ4v) is 3.70. The number of alkyl halides is 3. The van der Waals surface area contributed by atoms with Gasteiger partial charge in [0.1, 0.15) is 12.0 Å². The third kappa shape index (κ3) is 3.27. The van der Waals surface area contributed by atoms with Crippen LogP contribution in [0.1, 0.15) is 41.2 Å². The highest BCUT2D eigenvalue weighted by Gasteiger charge is 2.41. The zero-order valence-corrected chi connectivity index (χ0v) is 13.8. The summed E-state index contributed by atoms with van der Waals surface area (Å²) in [7, 11) is 0. The molecule has 1 saturated heterocycles. The number of benzene rings is 1. The van der Waals surface area contributed by atoms with Crippen LogP contribution in [-0.4, -0.2) is 28.4 Å². The fourth-order valence-electron chi connectivity index (χ4n) is 3.70. The van der Waals surface area contributed by atoms with Crippen molar-refractivity contribution in [2.75, 3.05) is 6.54 Å². The van der Waals surface area contributed by atoms with Gasteiger partial charge in [0.05, 0.1) is 5.56 Å². The number of aromatic nitrogens is 1. The monoisotopic (exact) mass is 366 g/mol. The first-order chi connectivity index (χ1) is 12.4. The molecule has 2 aromatic rings. The quantitative estimate of drug-likeness (QED) is 0.824. The Balaban J connectivity index is 1.39. The molecule has 0 spiro atoms. The van der Waals surface area contributed by atoms with Gasteiger partial charge in [0.15, 0.2) is 12.3 Å². The Kier molecular flexibility index (Phi) is 4.13. The molecular formula is C18H17F3N2O3. The van der Waals surface area contributed by atoms with E-state index >= 15 is 0 Å². The number of amides is 1. The minimum atomic E-state index is -4.43. The summed E-state index contributed by atoms with van der Waals surface area (Å²) in [6.07, 6.45) is 0.0916. The topological polar surface area (TPSA) is 55.6 Å². The lowest BCUT2D eigenvalue weighted by molar-refractivity contribution is -0.137. The maximum atomic E-state index is 12.7. The number of carbonyl (C=O) groups excluding carboxylic acids is 1. The first-order valence-corrected chi connectivity index (χ1v) is 8.45. The molecule has 1 saturated carbocycles. The maximum Gasteiger partial charge on any atom is 0.416 e. The number of oxazole rings is 1. The molecule has 0 N–H and O–H groups in total. The van der Waals surface area contributed by atoms with E-state index in [0.717, 1.165) is 31.5 Å². The van der Waals surface area contributed by atoms with Gasteiger partial charge in [-0.2, -0.15) is 13.2 Å². The van der Waals surface area contributed by atoms with E-state index in [1.807, 2.05) is 4.90 Å². The molecule has 2 aliphatic rings. The van der Waals surface area contributed by atoms with Gasteiger partial charge in [-0.05, 0) is 43.4 Å². The predicted octanol–water partition coefficient (Wildman–Crippen LogP) is 3.90. The van der Waals surface area contributed by atoms with Crippen LogP contribution < -0.4 is 4.74 Å². The van der Waals surface area contributed by atoms with Crippen LogP contribution in [0.25, 0.3) is 0 Å². The minimum absolute atomic E-state index is 0.0581. The molecule has 8 heteroatoms. The smallest absolute Gasteiger partial charge is 0.416 e. The summed E-state index contributed by atoms with van der Waals surface area (Å²) >= 11 is 0. The summed E-state index contributed by atoms with van der Waals surface area (Å²) in [6, 6.07) is 4.86. The van der Waals surface area contributed by atoms with Gasteiger partial charge in [0.25, 0.3) is 5.91 Å². The highest BCUT2D eigenvalue weighted by molar-refractivity contribution is 5.92. The van der Waals surface area contributed by atoms with Crippen LogP contribution in [0.2, 0.25) is 0 Å². The third-order valence-corrected chi connectivity index (χ3v) is 4.96. The summed E-state index contributed by atoms with van der Waals surface area (Å²) in [6.45, 7) is 0.604. The Hall–Kier alpha value is -2.51. The number of ether oxygens (including phenoxy) is 1. The van der Waals surface area contributed by atoms with Gasteiger partial charge in [0.2, 0.25) is 5.89 Å². The Labute approximate surface area is 147 Å². The molecule has 26 heavy (non-hydrogen) atoms. The summed E-state index contributed by atoms with van der Waals surface area (Å²) in [5.74, 6) is 0.628. The highest BCUT2D eigenvalue weighted by Crippen LogP contribution is 2.38. The Morgan fingerprint density at radius 2 is 2.19 bits per heavy atom. The van der Waals surface area contributed by atoms with Crippen molar-refractivity contribution >= 4 is 5.91 Å². The Bertz CT molecular complexity index is 818. The second kappa shape index (κ2) is 6.34. The van der Waals surface area contributed by atoms with E-state index in [0.29, 0.717) is 5.92 Å². The molecule has 0 unspecified atom stereocenters. The molecule has 1 amide bonds. The van der Waals surface area contributed by atoms with E-state index in [2.05, 4.69) is 4.98 Å². The number of hydrogen-bond donors (Lipinski definition) is 0. The summed E-state index contributed by atoms with van der Waals surface area (Å²) in [5, 5.41) is 0. The standard InChI is InChI=1S/C18H17F3N2O3/c19-18(20,21)12-2-1-3-14(7-12)25-10-16-22-15(9-26-16)17(24)23-8-11-4-5-13(23)6-11/h1-3,7,9,11,13H,4-6,8,10H2/t11-,13-/m0/s1. The number of hydrogen-bond acceptors (Lipinski definition) is 4. The number of nitrogens with zero attached hydrogens (tertiary/aromatic N) is 2. The van der Waals surface area contributed by atoms with Gasteiger partial charge in [0, 0.05) is 12.6 Å². The second-order valence-electron chi connectivity index (χ2n) is 6.73. The molecule has 4 rings (SSSR count). The largest absolute Gasteiger partial charge is 0.484 e. The van der Waals surface area contributed by atoms with Gasteiger partial charge >= 0.3 is 6.18 Å². The first kappa shape index (κ1) is 16.9. The molecule has 138 valence electrons.